The van der Waals surface area contributed by atoms with Crippen molar-refractivity contribution >= 4 is 23.2 Å². The molecule has 0 atom stereocenters. The van der Waals surface area contributed by atoms with E-state index < -0.39 is 0 Å². The summed E-state index contributed by atoms with van der Waals surface area (Å²) in [5.41, 5.74) is 0. The van der Waals surface area contributed by atoms with E-state index >= 15 is 0 Å². The van der Waals surface area contributed by atoms with E-state index in [4.69, 9.17) is 12.2 Å². The fraction of sp³-hybridized carbons (Fsp3) is 0.750. The molecule has 0 rings (SSSR count). The number of esters is 1. The minimum Gasteiger partial charge on any atom is -0.469 e. The number of nitrogens with one attached hydrogen (secondary N) is 1. The van der Waals surface area contributed by atoms with Gasteiger partial charge in [0.25, 0.3) is 0 Å². The normalized spacial score (nSPS) is 9.17. The van der Waals surface area contributed by atoms with E-state index in [0.717, 1.165) is 19.4 Å². The van der Waals surface area contributed by atoms with Gasteiger partial charge in [-0.2, -0.15) is 0 Å². The third-order valence-corrected chi connectivity index (χ3v) is 1.67. The van der Waals surface area contributed by atoms with Crippen molar-refractivity contribution in [1.29, 1.82) is 0 Å². The average molecular weight is 189 g/mol. The van der Waals surface area contributed by atoms with E-state index in [9.17, 15) is 4.79 Å². The van der Waals surface area contributed by atoms with Crippen LogP contribution in [0.3, 0.4) is 0 Å². The van der Waals surface area contributed by atoms with Gasteiger partial charge in [0.1, 0.15) is 0 Å². The van der Waals surface area contributed by atoms with Gasteiger partial charge in [0.15, 0.2) is 0 Å². The van der Waals surface area contributed by atoms with Gasteiger partial charge in [0.05, 0.1) is 18.5 Å². The second kappa shape index (κ2) is 7.03. The molecule has 4 heteroatoms. The van der Waals surface area contributed by atoms with Crippen LogP contribution in [0.15, 0.2) is 0 Å². The van der Waals surface area contributed by atoms with Crippen LogP contribution in [0.4, 0.5) is 0 Å². The molecule has 12 heavy (non-hydrogen) atoms. The highest BCUT2D eigenvalue weighted by molar-refractivity contribution is 7.80. The summed E-state index contributed by atoms with van der Waals surface area (Å²) in [5, 5.41) is 2.98. The van der Waals surface area contributed by atoms with Crippen LogP contribution in [-0.4, -0.2) is 24.6 Å². The molecule has 1 N–H and O–H groups in total. The Labute approximate surface area is 78.5 Å². The first kappa shape index (κ1) is 11.4. The monoisotopic (exact) mass is 189 g/mol. The first-order chi connectivity index (χ1) is 5.70. The highest BCUT2D eigenvalue weighted by Gasteiger charge is 2.03. The third kappa shape index (κ3) is 6.09. The van der Waals surface area contributed by atoms with Crippen LogP contribution in [0.25, 0.3) is 0 Å². The molecule has 0 aromatic rings. The Balaban J connectivity index is 3.40. The molecule has 70 valence electrons. The van der Waals surface area contributed by atoms with Gasteiger partial charge in [-0.3, -0.25) is 4.79 Å². The molecule has 0 radical (unpaired) electrons. The zero-order valence-electron chi connectivity index (χ0n) is 7.55. The number of thiocarbonyl (C=S) groups is 1. The number of carbonyl (C=O) groups is 1. The molecule has 0 bridgehead atoms. The fourth-order valence-electron chi connectivity index (χ4n) is 0.670. The van der Waals surface area contributed by atoms with Crippen molar-refractivity contribution < 1.29 is 9.53 Å². The molecule has 0 saturated carbocycles. The van der Waals surface area contributed by atoms with E-state index in [2.05, 4.69) is 17.0 Å². The number of hydrogen-bond acceptors (Lipinski definition) is 3. The molecule has 0 fully saturated rings. The number of methoxy groups -OCH3 is 1. The summed E-state index contributed by atoms with van der Waals surface area (Å²) in [7, 11) is 1.36. The first-order valence-electron chi connectivity index (χ1n) is 4.04. The maximum atomic E-state index is 10.7. The first-order valence-corrected chi connectivity index (χ1v) is 4.45. The number of carbonyl (C=O) groups excluding carboxylic acids is 1. The Hall–Kier alpha value is -0.640. The van der Waals surface area contributed by atoms with Gasteiger partial charge >= 0.3 is 5.97 Å². The van der Waals surface area contributed by atoms with Gasteiger partial charge in [-0.1, -0.05) is 25.6 Å². The van der Waals surface area contributed by atoms with Crippen LogP contribution in [0.2, 0.25) is 0 Å². The van der Waals surface area contributed by atoms with Crippen LogP contribution < -0.4 is 5.32 Å². The molecular formula is C8H15NO2S. The van der Waals surface area contributed by atoms with Crippen molar-refractivity contribution in [1.82, 2.24) is 5.32 Å². The Morgan fingerprint density at radius 1 is 1.58 bits per heavy atom. The van der Waals surface area contributed by atoms with Gasteiger partial charge in [0, 0.05) is 6.54 Å². The molecule has 0 spiro atoms. The van der Waals surface area contributed by atoms with Crippen LogP contribution in [0.1, 0.15) is 26.2 Å². The molecule has 0 aliphatic heterocycles. The van der Waals surface area contributed by atoms with Crippen molar-refractivity contribution in [2.24, 2.45) is 0 Å². The summed E-state index contributed by atoms with van der Waals surface area (Å²) < 4.78 is 4.46. The number of ether oxygens (including phenoxy) is 1. The Bertz CT molecular complexity index is 159. The van der Waals surface area contributed by atoms with E-state index in [0.29, 0.717) is 4.99 Å². The largest absolute Gasteiger partial charge is 0.469 e. The van der Waals surface area contributed by atoms with Gasteiger partial charge in [0.2, 0.25) is 0 Å². The van der Waals surface area contributed by atoms with Crippen molar-refractivity contribution in [3.05, 3.63) is 0 Å². The summed E-state index contributed by atoms with van der Waals surface area (Å²) in [6.07, 6.45) is 2.38. The minimum absolute atomic E-state index is 0.190. The highest BCUT2D eigenvalue weighted by Crippen LogP contribution is 1.89. The maximum Gasteiger partial charge on any atom is 0.312 e. The third-order valence-electron chi connectivity index (χ3n) is 1.39. The van der Waals surface area contributed by atoms with E-state index in [-0.39, 0.29) is 12.4 Å². The molecule has 0 heterocycles. The van der Waals surface area contributed by atoms with Gasteiger partial charge in [-0.15, -0.1) is 0 Å². The fourth-order valence-corrected chi connectivity index (χ4v) is 0.890. The Morgan fingerprint density at radius 2 is 2.25 bits per heavy atom. The Kier molecular flexibility index (Phi) is 6.66. The number of rotatable bonds is 5. The molecule has 0 aliphatic carbocycles. The van der Waals surface area contributed by atoms with Crippen LogP contribution in [0.5, 0.6) is 0 Å². The second-order valence-corrected chi connectivity index (χ2v) is 2.95. The quantitative estimate of drug-likeness (QED) is 0.401. The summed E-state index contributed by atoms with van der Waals surface area (Å²) in [5.74, 6) is -0.288. The van der Waals surface area contributed by atoms with E-state index in [1.165, 1.54) is 7.11 Å². The SMILES string of the molecule is CCCCNC(=S)CC(=O)OC. The summed E-state index contributed by atoms with van der Waals surface area (Å²) in [6, 6.07) is 0. The topological polar surface area (TPSA) is 38.3 Å². The predicted molar refractivity (Wildman–Crippen MR) is 52.1 cm³/mol. The van der Waals surface area contributed by atoms with Crippen molar-refractivity contribution in [3.63, 3.8) is 0 Å². The molecule has 0 saturated heterocycles. The summed E-state index contributed by atoms with van der Waals surface area (Å²) in [6.45, 7) is 2.94. The molecule has 0 amide bonds. The van der Waals surface area contributed by atoms with Gasteiger partial charge < -0.3 is 10.1 Å². The molecule has 0 aromatic heterocycles. The standard InChI is InChI=1S/C8H15NO2S/c1-3-4-5-9-7(12)6-8(10)11-2/h3-6H2,1-2H3,(H,9,12). The Morgan fingerprint density at radius 3 is 2.75 bits per heavy atom. The van der Waals surface area contributed by atoms with Crippen molar-refractivity contribution in [2.45, 2.75) is 26.2 Å². The zero-order valence-corrected chi connectivity index (χ0v) is 8.37. The zero-order chi connectivity index (χ0) is 9.40. The second-order valence-electron chi connectivity index (χ2n) is 2.46. The summed E-state index contributed by atoms with van der Waals surface area (Å²) >= 11 is 4.90. The highest BCUT2D eigenvalue weighted by atomic mass is 32.1. The van der Waals surface area contributed by atoms with E-state index in [1.54, 1.807) is 0 Å². The van der Waals surface area contributed by atoms with Crippen LogP contribution in [0, 0.1) is 0 Å². The lowest BCUT2D eigenvalue weighted by Crippen LogP contribution is -2.25. The number of unbranched alkanes of at least 4 members (excludes halogenated alkanes) is 1. The van der Waals surface area contributed by atoms with Crippen LogP contribution >= 0.6 is 12.2 Å². The molecule has 0 unspecified atom stereocenters. The lowest BCUT2D eigenvalue weighted by atomic mass is 10.3. The molecule has 3 nitrogen and oxygen atoms in total. The van der Waals surface area contributed by atoms with Gasteiger partial charge in [-0.25, -0.2) is 0 Å². The average Bonchev–Trinajstić information content (AvgIpc) is 2.05. The smallest absolute Gasteiger partial charge is 0.312 e. The summed E-state index contributed by atoms with van der Waals surface area (Å²) in [4.78, 5) is 11.3. The minimum atomic E-state index is -0.288. The molecule has 0 aliphatic rings. The van der Waals surface area contributed by atoms with Crippen molar-refractivity contribution in [3.8, 4) is 0 Å². The lowest BCUT2D eigenvalue weighted by molar-refractivity contribution is -0.139. The maximum absolute atomic E-state index is 10.7. The van der Waals surface area contributed by atoms with E-state index in [1.807, 2.05) is 0 Å². The predicted octanol–water partition coefficient (Wildman–Crippen LogP) is 1.27. The number of hydrogen-bond donors (Lipinski definition) is 1. The molecular weight excluding hydrogens is 174 g/mol. The molecule has 0 aromatic carbocycles. The van der Waals surface area contributed by atoms with Gasteiger partial charge in [-0.05, 0) is 6.42 Å². The van der Waals surface area contributed by atoms with Crippen LogP contribution in [-0.2, 0) is 9.53 Å². The van der Waals surface area contributed by atoms with Crippen molar-refractivity contribution in [2.75, 3.05) is 13.7 Å². The lowest BCUT2D eigenvalue weighted by Gasteiger charge is -2.04.